The van der Waals surface area contributed by atoms with Crippen molar-refractivity contribution < 1.29 is 0 Å². The van der Waals surface area contributed by atoms with Crippen molar-refractivity contribution in [1.29, 1.82) is 0 Å². The standard InChI is InChI=1S/C14H19Br/c1-2-14(10-6-7-11-14)13(15)12-8-4-3-5-9-12/h3-5,8-9,13H,2,6-7,10-11H2,1H3. The summed E-state index contributed by atoms with van der Waals surface area (Å²) < 4.78 is 0. The highest BCUT2D eigenvalue weighted by Gasteiger charge is 2.38. The molecule has 1 aromatic rings. The molecule has 0 heterocycles. The van der Waals surface area contributed by atoms with Crippen molar-refractivity contribution in [2.75, 3.05) is 0 Å². The van der Waals surface area contributed by atoms with Gasteiger partial charge in [-0.2, -0.15) is 0 Å². The molecule has 1 aliphatic rings. The van der Waals surface area contributed by atoms with E-state index in [1.54, 1.807) is 0 Å². The number of alkyl halides is 1. The molecule has 2 rings (SSSR count). The fraction of sp³-hybridized carbons (Fsp3) is 0.571. The highest BCUT2D eigenvalue weighted by atomic mass is 79.9. The third kappa shape index (κ3) is 2.13. The average molecular weight is 267 g/mol. The fourth-order valence-corrected chi connectivity index (χ4v) is 3.93. The third-order valence-electron chi connectivity index (χ3n) is 3.93. The summed E-state index contributed by atoms with van der Waals surface area (Å²) in [7, 11) is 0. The van der Waals surface area contributed by atoms with E-state index >= 15 is 0 Å². The Bertz CT molecular complexity index is 298. The van der Waals surface area contributed by atoms with E-state index in [0.717, 1.165) is 0 Å². The van der Waals surface area contributed by atoms with Gasteiger partial charge in [0.2, 0.25) is 0 Å². The van der Waals surface area contributed by atoms with E-state index < -0.39 is 0 Å². The lowest BCUT2D eigenvalue weighted by atomic mass is 9.78. The van der Waals surface area contributed by atoms with Gasteiger partial charge in [-0.1, -0.05) is 66.0 Å². The molecule has 0 saturated heterocycles. The molecular weight excluding hydrogens is 248 g/mol. The Kier molecular flexibility index (Phi) is 3.50. The van der Waals surface area contributed by atoms with Crippen LogP contribution in [0.1, 0.15) is 49.4 Å². The number of benzene rings is 1. The van der Waals surface area contributed by atoms with Gasteiger partial charge in [0.05, 0.1) is 0 Å². The summed E-state index contributed by atoms with van der Waals surface area (Å²) in [5.41, 5.74) is 1.96. The van der Waals surface area contributed by atoms with Gasteiger partial charge in [0.25, 0.3) is 0 Å². The maximum absolute atomic E-state index is 3.93. The summed E-state index contributed by atoms with van der Waals surface area (Å²) in [6.45, 7) is 2.34. The lowest BCUT2D eigenvalue weighted by molar-refractivity contribution is 0.279. The maximum Gasteiger partial charge on any atom is 0.0451 e. The zero-order chi connectivity index (χ0) is 10.7. The van der Waals surface area contributed by atoms with Crippen molar-refractivity contribution >= 4 is 15.9 Å². The van der Waals surface area contributed by atoms with Crippen molar-refractivity contribution in [2.45, 2.75) is 43.9 Å². The summed E-state index contributed by atoms with van der Waals surface area (Å²) in [4.78, 5) is 0.540. The normalized spacial score (nSPS) is 21.5. The van der Waals surface area contributed by atoms with Crippen LogP contribution in [0.5, 0.6) is 0 Å². The van der Waals surface area contributed by atoms with Crippen molar-refractivity contribution in [2.24, 2.45) is 5.41 Å². The molecule has 1 saturated carbocycles. The van der Waals surface area contributed by atoms with Crippen molar-refractivity contribution in [1.82, 2.24) is 0 Å². The summed E-state index contributed by atoms with van der Waals surface area (Å²) in [6.07, 6.45) is 6.87. The first-order valence-corrected chi connectivity index (χ1v) is 6.89. The van der Waals surface area contributed by atoms with Gasteiger partial charge in [0, 0.05) is 4.83 Å². The Morgan fingerprint density at radius 2 is 1.80 bits per heavy atom. The molecule has 1 heteroatoms. The van der Waals surface area contributed by atoms with Crippen LogP contribution < -0.4 is 0 Å². The largest absolute Gasteiger partial charge is 0.0833 e. The molecule has 1 unspecified atom stereocenters. The minimum Gasteiger partial charge on any atom is -0.0833 e. The van der Waals surface area contributed by atoms with Gasteiger partial charge >= 0.3 is 0 Å². The monoisotopic (exact) mass is 266 g/mol. The molecule has 82 valence electrons. The lowest BCUT2D eigenvalue weighted by Crippen LogP contribution is -2.21. The molecule has 1 aliphatic carbocycles. The Morgan fingerprint density at radius 1 is 1.20 bits per heavy atom. The second-order valence-corrected chi connectivity index (χ2v) is 5.61. The third-order valence-corrected chi connectivity index (χ3v) is 5.43. The molecule has 0 amide bonds. The van der Waals surface area contributed by atoms with Gasteiger partial charge in [0.15, 0.2) is 0 Å². The van der Waals surface area contributed by atoms with Crippen LogP contribution in [0.3, 0.4) is 0 Å². The van der Waals surface area contributed by atoms with Crippen LogP contribution in [0.15, 0.2) is 30.3 Å². The van der Waals surface area contributed by atoms with E-state index in [1.165, 1.54) is 37.7 Å². The first-order valence-electron chi connectivity index (χ1n) is 5.97. The SMILES string of the molecule is CCC1(C(Br)c2ccccc2)CCCC1. The predicted octanol–water partition coefficient (Wildman–Crippen LogP) is 5.09. The zero-order valence-corrected chi connectivity index (χ0v) is 11.0. The number of rotatable bonds is 3. The molecule has 0 nitrogen and oxygen atoms in total. The van der Waals surface area contributed by atoms with Crippen molar-refractivity contribution in [3.63, 3.8) is 0 Å². The average Bonchev–Trinajstić information content (AvgIpc) is 2.79. The number of hydrogen-bond acceptors (Lipinski definition) is 0. The molecular formula is C14H19Br. The highest BCUT2D eigenvalue weighted by Crippen LogP contribution is 2.53. The molecule has 0 spiro atoms. The quantitative estimate of drug-likeness (QED) is 0.669. The Hall–Kier alpha value is -0.300. The first-order chi connectivity index (χ1) is 7.28. The summed E-state index contributed by atoms with van der Waals surface area (Å²) in [5.74, 6) is 0. The molecule has 1 fully saturated rings. The minimum absolute atomic E-state index is 0.515. The first kappa shape index (κ1) is 11.2. The van der Waals surface area contributed by atoms with Crippen LogP contribution in [0, 0.1) is 5.41 Å². The zero-order valence-electron chi connectivity index (χ0n) is 9.38. The van der Waals surface area contributed by atoms with Crippen molar-refractivity contribution in [3.8, 4) is 0 Å². The van der Waals surface area contributed by atoms with Crippen LogP contribution >= 0.6 is 15.9 Å². The van der Waals surface area contributed by atoms with E-state index in [9.17, 15) is 0 Å². The smallest absolute Gasteiger partial charge is 0.0451 e. The van der Waals surface area contributed by atoms with Gasteiger partial charge in [0.1, 0.15) is 0 Å². The molecule has 1 atom stereocenters. The summed E-state index contributed by atoms with van der Waals surface area (Å²) >= 11 is 3.93. The van der Waals surface area contributed by atoms with Gasteiger partial charge < -0.3 is 0 Å². The Balaban J connectivity index is 2.22. The second-order valence-electron chi connectivity index (χ2n) is 4.70. The van der Waals surface area contributed by atoms with E-state index in [1.807, 2.05) is 0 Å². The topological polar surface area (TPSA) is 0 Å². The van der Waals surface area contributed by atoms with Gasteiger partial charge in [-0.05, 0) is 30.2 Å². The lowest BCUT2D eigenvalue weighted by Gasteiger charge is -2.33. The molecule has 0 aromatic heterocycles. The van der Waals surface area contributed by atoms with Gasteiger partial charge in [-0.15, -0.1) is 0 Å². The summed E-state index contributed by atoms with van der Waals surface area (Å²) in [5, 5.41) is 0. The molecule has 0 radical (unpaired) electrons. The van der Waals surface area contributed by atoms with Gasteiger partial charge in [-0.25, -0.2) is 0 Å². The van der Waals surface area contributed by atoms with Crippen LogP contribution in [-0.2, 0) is 0 Å². The van der Waals surface area contributed by atoms with E-state index in [4.69, 9.17) is 0 Å². The van der Waals surface area contributed by atoms with Crippen LogP contribution in [-0.4, -0.2) is 0 Å². The van der Waals surface area contributed by atoms with Crippen molar-refractivity contribution in [3.05, 3.63) is 35.9 Å². The maximum atomic E-state index is 3.93. The Morgan fingerprint density at radius 3 is 2.33 bits per heavy atom. The number of halogens is 1. The molecule has 0 bridgehead atoms. The highest BCUT2D eigenvalue weighted by molar-refractivity contribution is 9.09. The van der Waals surface area contributed by atoms with E-state index in [2.05, 4.69) is 53.2 Å². The Labute approximate surface area is 101 Å². The molecule has 15 heavy (non-hydrogen) atoms. The van der Waals surface area contributed by atoms with Crippen LogP contribution in [0.25, 0.3) is 0 Å². The van der Waals surface area contributed by atoms with Gasteiger partial charge in [-0.3, -0.25) is 0 Å². The van der Waals surface area contributed by atoms with E-state index in [-0.39, 0.29) is 0 Å². The molecule has 1 aromatic carbocycles. The molecule has 0 aliphatic heterocycles. The number of hydrogen-bond donors (Lipinski definition) is 0. The fourth-order valence-electron chi connectivity index (χ4n) is 2.84. The molecule has 0 N–H and O–H groups in total. The van der Waals surface area contributed by atoms with Crippen LogP contribution in [0.4, 0.5) is 0 Å². The predicted molar refractivity (Wildman–Crippen MR) is 69.3 cm³/mol. The van der Waals surface area contributed by atoms with Crippen LogP contribution in [0.2, 0.25) is 0 Å². The summed E-state index contributed by atoms with van der Waals surface area (Å²) in [6, 6.07) is 10.9. The second kappa shape index (κ2) is 4.69. The minimum atomic E-state index is 0.515. The van der Waals surface area contributed by atoms with E-state index in [0.29, 0.717) is 10.2 Å².